The summed E-state index contributed by atoms with van der Waals surface area (Å²) in [5, 5.41) is 9.16. The van der Waals surface area contributed by atoms with Gasteiger partial charge in [-0.05, 0) is 49.2 Å². The van der Waals surface area contributed by atoms with Gasteiger partial charge in [0.15, 0.2) is 0 Å². The van der Waals surface area contributed by atoms with Crippen molar-refractivity contribution in [2.45, 2.75) is 25.3 Å². The number of aromatic nitrogens is 2. The van der Waals surface area contributed by atoms with Crippen LogP contribution in [0.3, 0.4) is 0 Å². The molecule has 0 saturated heterocycles. The molecule has 30 heavy (non-hydrogen) atoms. The summed E-state index contributed by atoms with van der Waals surface area (Å²) in [5.74, 6) is -1.52. The number of nitrogens with two attached hydrogens (primary N) is 1. The van der Waals surface area contributed by atoms with Gasteiger partial charge in [-0.15, -0.1) is 0 Å². The van der Waals surface area contributed by atoms with Crippen molar-refractivity contribution < 1.29 is 17.2 Å². The van der Waals surface area contributed by atoms with E-state index in [1.54, 1.807) is 0 Å². The van der Waals surface area contributed by atoms with E-state index in [2.05, 4.69) is 5.10 Å². The van der Waals surface area contributed by atoms with Crippen molar-refractivity contribution in [2.24, 2.45) is 5.14 Å². The molecule has 156 valence electrons. The lowest BCUT2D eigenvalue weighted by Gasteiger charge is -2.13. The van der Waals surface area contributed by atoms with Gasteiger partial charge in [0.1, 0.15) is 16.5 Å². The molecule has 0 atom stereocenters. The van der Waals surface area contributed by atoms with Gasteiger partial charge < -0.3 is 0 Å². The lowest BCUT2D eigenvalue weighted by atomic mass is 9.97. The zero-order valence-corrected chi connectivity index (χ0v) is 17.1. The number of hydrogen-bond acceptors (Lipinski definition) is 4. The fourth-order valence-corrected chi connectivity index (χ4v) is 3.49. The highest BCUT2D eigenvalue weighted by atomic mass is 32.2. The number of benzene rings is 2. The number of nitrogens with zero attached hydrogens (tertiary/aromatic N) is 2. The first-order valence-corrected chi connectivity index (χ1v) is 10.4. The van der Waals surface area contributed by atoms with E-state index in [1.165, 1.54) is 41.2 Å². The zero-order chi connectivity index (χ0) is 22.1. The van der Waals surface area contributed by atoms with Crippen molar-refractivity contribution in [1.82, 2.24) is 9.78 Å². The number of rotatable bonds is 5. The quantitative estimate of drug-likeness (QED) is 0.626. The highest BCUT2D eigenvalue weighted by molar-refractivity contribution is 7.89. The summed E-state index contributed by atoms with van der Waals surface area (Å²) >= 11 is 0. The molecule has 3 aromatic rings. The van der Waals surface area contributed by atoms with Gasteiger partial charge in [0, 0.05) is 5.56 Å². The largest absolute Gasteiger partial charge is 0.275 e. The van der Waals surface area contributed by atoms with Crippen molar-refractivity contribution >= 4 is 10.0 Å². The molecule has 3 rings (SSSR count). The van der Waals surface area contributed by atoms with Crippen LogP contribution in [0.4, 0.5) is 8.78 Å². The summed E-state index contributed by atoms with van der Waals surface area (Å²) in [6.45, 7) is 4.00. The van der Waals surface area contributed by atoms with E-state index in [-0.39, 0.29) is 23.2 Å². The van der Waals surface area contributed by atoms with Crippen LogP contribution in [-0.2, 0) is 16.6 Å². The molecule has 0 bridgehead atoms. The maximum atomic E-state index is 14.4. The van der Waals surface area contributed by atoms with Gasteiger partial charge in [-0.1, -0.05) is 29.8 Å². The molecule has 2 aromatic carbocycles. The molecule has 0 unspecified atom stereocenters. The van der Waals surface area contributed by atoms with E-state index < -0.39 is 32.1 Å². The van der Waals surface area contributed by atoms with Gasteiger partial charge in [0.25, 0.3) is 5.56 Å². The fourth-order valence-electron chi connectivity index (χ4n) is 2.90. The van der Waals surface area contributed by atoms with Crippen molar-refractivity contribution in [3.63, 3.8) is 0 Å². The van der Waals surface area contributed by atoms with Crippen LogP contribution < -0.4 is 10.7 Å². The molecule has 0 spiro atoms. The molecule has 9 heteroatoms. The zero-order valence-electron chi connectivity index (χ0n) is 16.3. The minimum atomic E-state index is -4.23. The average Bonchev–Trinajstić information content (AvgIpc) is 2.66. The molecule has 1 aromatic heterocycles. The molecule has 1 heterocycles. The van der Waals surface area contributed by atoms with Crippen LogP contribution in [0.25, 0.3) is 22.3 Å². The highest BCUT2D eigenvalue weighted by Crippen LogP contribution is 2.30. The lowest BCUT2D eigenvalue weighted by molar-refractivity contribution is 0.568. The second-order valence-electron chi connectivity index (χ2n) is 6.90. The summed E-state index contributed by atoms with van der Waals surface area (Å²) in [5.41, 5.74) is 1.66. The summed E-state index contributed by atoms with van der Waals surface area (Å²) in [7, 11) is -4.23. The molecule has 0 aliphatic rings. The smallest absolute Gasteiger partial charge is 0.267 e. The van der Waals surface area contributed by atoms with Gasteiger partial charge in [0.05, 0.1) is 18.3 Å². The van der Waals surface area contributed by atoms with Gasteiger partial charge in [0.2, 0.25) is 10.0 Å². The predicted octanol–water partition coefficient (Wildman–Crippen LogP) is 3.47. The topological polar surface area (TPSA) is 95.1 Å². The molecule has 0 saturated carbocycles. The maximum absolute atomic E-state index is 14.4. The van der Waals surface area contributed by atoms with Gasteiger partial charge in [-0.2, -0.15) is 5.10 Å². The number of hydrogen-bond donors (Lipinski definition) is 1. The van der Waals surface area contributed by atoms with Crippen LogP contribution in [0.5, 0.6) is 0 Å². The summed E-state index contributed by atoms with van der Waals surface area (Å²) in [6, 6.07) is 8.65. The number of sulfonamides is 1. The van der Waals surface area contributed by atoms with Crippen molar-refractivity contribution in [1.29, 1.82) is 0 Å². The molecular formula is C21H19F2N3O3S. The summed E-state index contributed by atoms with van der Waals surface area (Å²) < 4.78 is 52.0. The lowest BCUT2D eigenvalue weighted by Crippen LogP contribution is -2.24. The van der Waals surface area contributed by atoms with E-state index in [0.717, 1.165) is 17.7 Å². The Morgan fingerprint density at radius 3 is 2.30 bits per heavy atom. The van der Waals surface area contributed by atoms with Gasteiger partial charge in [-0.3, -0.25) is 4.79 Å². The molecule has 2 N–H and O–H groups in total. The molecule has 0 aliphatic heterocycles. The molecule has 0 aliphatic carbocycles. The van der Waals surface area contributed by atoms with Crippen LogP contribution in [0, 0.1) is 11.6 Å². The van der Waals surface area contributed by atoms with Gasteiger partial charge >= 0.3 is 0 Å². The van der Waals surface area contributed by atoms with E-state index in [4.69, 9.17) is 5.14 Å². The van der Waals surface area contributed by atoms with Crippen LogP contribution in [-0.4, -0.2) is 18.2 Å². The van der Waals surface area contributed by atoms with Gasteiger partial charge in [-0.25, -0.2) is 27.0 Å². The number of allylic oxidation sites excluding steroid dienone is 2. The first-order valence-electron chi connectivity index (χ1n) is 8.90. The fraction of sp³-hybridized carbons (Fsp3) is 0.143. The SMILES string of the molecule is CC(C)=CCn1ncc(-c2ccc(S(N)(=O)=O)c(F)c2)c(-c2ccc(F)cc2)c1=O. The van der Waals surface area contributed by atoms with Crippen LogP contribution in [0.1, 0.15) is 13.8 Å². The Hall–Kier alpha value is -3.17. The third-order valence-corrected chi connectivity index (χ3v) is 5.34. The highest BCUT2D eigenvalue weighted by Gasteiger charge is 2.19. The molecule has 0 radical (unpaired) electrons. The van der Waals surface area contributed by atoms with Crippen molar-refractivity contribution in [2.75, 3.05) is 0 Å². The van der Waals surface area contributed by atoms with E-state index >= 15 is 0 Å². The Morgan fingerprint density at radius 1 is 1.10 bits per heavy atom. The standard InChI is InChI=1S/C21H19F2N3O3S/c1-13(2)9-10-26-21(27)20(14-3-6-16(22)7-4-14)17(12-25-26)15-5-8-19(18(23)11-15)30(24,28)29/h3-9,11-12H,10H2,1-2H3,(H2,24,28,29). The predicted molar refractivity (Wildman–Crippen MR) is 110 cm³/mol. The summed E-state index contributed by atoms with van der Waals surface area (Å²) in [4.78, 5) is 12.5. The summed E-state index contributed by atoms with van der Waals surface area (Å²) in [6.07, 6.45) is 3.22. The Kier molecular flexibility index (Phi) is 5.95. The maximum Gasteiger partial charge on any atom is 0.275 e. The molecule has 0 fully saturated rings. The molecule has 0 amide bonds. The van der Waals surface area contributed by atoms with Crippen molar-refractivity contribution in [3.05, 3.63) is 82.3 Å². The third-order valence-electron chi connectivity index (χ3n) is 4.40. The van der Waals surface area contributed by atoms with Crippen LogP contribution in [0.2, 0.25) is 0 Å². The minimum absolute atomic E-state index is 0.190. The van der Waals surface area contributed by atoms with Crippen LogP contribution >= 0.6 is 0 Å². The number of primary sulfonamides is 1. The first-order chi connectivity index (χ1) is 14.1. The van der Waals surface area contributed by atoms with Crippen LogP contribution in [0.15, 0.2) is 70.0 Å². The second kappa shape index (κ2) is 8.29. The van der Waals surface area contributed by atoms with E-state index in [9.17, 15) is 22.0 Å². The van der Waals surface area contributed by atoms with E-state index in [0.29, 0.717) is 5.56 Å². The normalized spacial score (nSPS) is 11.4. The first kappa shape index (κ1) is 21.5. The Morgan fingerprint density at radius 2 is 1.73 bits per heavy atom. The Labute approximate surface area is 172 Å². The monoisotopic (exact) mass is 431 g/mol. The Balaban J connectivity index is 2.25. The molecular weight excluding hydrogens is 412 g/mol. The average molecular weight is 431 g/mol. The van der Waals surface area contributed by atoms with E-state index in [1.807, 2.05) is 19.9 Å². The molecule has 6 nitrogen and oxygen atoms in total. The Bertz CT molecular complexity index is 1290. The minimum Gasteiger partial charge on any atom is -0.267 e. The number of halogens is 2. The third kappa shape index (κ3) is 4.52. The van der Waals surface area contributed by atoms with Crippen molar-refractivity contribution in [3.8, 4) is 22.3 Å². The second-order valence-corrected chi connectivity index (χ2v) is 8.43.